The van der Waals surface area contributed by atoms with E-state index < -0.39 is 0 Å². The van der Waals surface area contributed by atoms with E-state index in [0.29, 0.717) is 32.9 Å². The lowest BCUT2D eigenvalue weighted by Gasteiger charge is -2.12. The third kappa shape index (κ3) is 3.32. The highest BCUT2D eigenvalue weighted by atomic mass is 35.5. The Balaban J connectivity index is 1.99. The van der Waals surface area contributed by atoms with Gasteiger partial charge in [-0.05, 0) is 24.3 Å². The maximum atomic E-state index is 13.2. The summed E-state index contributed by atoms with van der Waals surface area (Å²) in [6.07, 6.45) is 0.142. The van der Waals surface area contributed by atoms with Crippen molar-refractivity contribution in [3.05, 3.63) is 98.1 Å². The van der Waals surface area contributed by atoms with Crippen molar-refractivity contribution in [3.8, 4) is 17.1 Å². The van der Waals surface area contributed by atoms with Crippen molar-refractivity contribution in [2.75, 3.05) is 0 Å². The summed E-state index contributed by atoms with van der Waals surface area (Å²) in [5.74, 6) is 0.377. The van der Waals surface area contributed by atoms with Gasteiger partial charge in [0.25, 0.3) is 0 Å². The molecule has 5 heteroatoms. The normalized spacial score (nSPS) is 11.0. The molecule has 0 fully saturated rings. The molecule has 0 aliphatic carbocycles. The van der Waals surface area contributed by atoms with E-state index >= 15 is 0 Å². The van der Waals surface area contributed by atoms with Crippen molar-refractivity contribution in [2.45, 2.75) is 6.42 Å². The zero-order valence-corrected chi connectivity index (χ0v) is 15.6. The topological polar surface area (TPSA) is 50.4 Å². The summed E-state index contributed by atoms with van der Waals surface area (Å²) in [6.45, 7) is 0. The number of para-hydroxylation sites is 1. The highest BCUT2D eigenvalue weighted by molar-refractivity contribution is 6.35. The monoisotopic (exact) mass is 396 g/mol. The molecule has 27 heavy (non-hydrogen) atoms. The van der Waals surface area contributed by atoms with Crippen molar-refractivity contribution in [1.29, 1.82) is 0 Å². The van der Waals surface area contributed by atoms with E-state index in [1.165, 1.54) is 6.07 Å². The van der Waals surface area contributed by atoms with Gasteiger partial charge in [-0.2, -0.15) is 0 Å². The zero-order chi connectivity index (χ0) is 19.0. The van der Waals surface area contributed by atoms with Crippen LogP contribution in [0.3, 0.4) is 0 Å². The van der Waals surface area contributed by atoms with Crippen LogP contribution in [0.25, 0.3) is 22.3 Å². The third-order valence-electron chi connectivity index (χ3n) is 4.40. The van der Waals surface area contributed by atoms with E-state index in [0.717, 1.165) is 5.56 Å². The highest BCUT2D eigenvalue weighted by Gasteiger charge is 2.19. The van der Waals surface area contributed by atoms with Crippen molar-refractivity contribution < 1.29 is 9.52 Å². The molecule has 4 rings (SSSR count). The SMILES string of the molecule is O=c1c(Cc2cc(Cl)cc(Cl)c2O)c(-c2ccccc2)oc2ccccc12. The number of rotatable bonds is 3. The van der Waals surface area contributed by atoms with Crippen LogP contribution in [0.15, 0.2) is 75.9 Å². The van der Waals surface area contributed by atoms with Crippen LogP contribution in [0, 0.1) is 0 Å². The first kappa shape index (κ1) is 17.7. The Morgan fingerprint density at radius 2 is 1.63 bits per heavy atom. The highest BCUT2D eigenvalue weighted by Crippen LogP contribution is 2.34. The maximum absolute atomic E-state index is 13.2. The molecule has 0 aliphatic rings. The Bertz CT molecular complexity index is 1200. The van der Waals surface area contributed by atoms with Crippen LogP contribution in [0.1, 0.15) is 11.1 Å². The standard InChI is InChI=1S/C22H14Cl2O3/c23-15-10-14(20(25)18(24)12-15)11-17-21(26)16-8-4-5-9-19(16)27-22(17)13-6-2-1-3-7-13/h1-10,12,25H,11H2. The fraction of sp³-hybridized carbons (Fsp3) is 0.0455. The Kier molecular flexibility index (Phi) is 4.65. The first-order valence-electron chi connectivity index (χ1n) is 8.31. The van der Waals surface area contributed by atoms with E-state index in [2.05, 4.69) is 0 Å². The average molecular weight is 397 g/mol. The van der Waals surface area contributed by atoms with Crippen molar-refractivity contribution in [3.63, 3.8) is 0 Å². The van der Waals surface area contributed by atoms with Crippen LogP contribution < -0.4 is 5.43 Å². The Morgan fingerprint density at radius 3 is 2.41 bits per heavy atom. The van der Waals surface area contributed by atoms with Crippen molar-refractivity contribution in [1.82, 2.24) is 0 Å². The average Bonchev–Trinajstić information content (AvgIpc) is 2.68. The molecule has 134 valence electrons. The predicted molar refractivity (Wildman–Crippen MR) is 109 cm³/mol. The van der Waals surface area contributed by atoms with E-state index in [9.17, 15) is 9.90 Å². The first-order chi connectivity index (χ1) is 13.0. The van der Waals surface area contributed by atoms with E-state index in [1.807, 2.05) is 36.4 Å². The molecule has 0 atom stereocenters. The molecule has 3 aromatic carbocycles. The van der Waals surface area contributed by atoms with Gasteiger partial charge in [-0.15, -0.1) is 0 Å². The van der Waals surface area contributed by atoms with Gasteiger partial charge in [0.2, 0.25) is 0 Å². The minimum atomic E-state index is -0.147. The van der Waals surface area contributed by atoms with Gasteiger partial charge >= 0.3 is 0 Å². The van der Waals surface area contributed by atoms with Crippen molar-refractivity contribution >= 4 is 34.2 Å². The molecule has 3 nitrogen and oxygen atoms in total. The molecular formula is C22H14Cl2O3. The molecule has 1 N–H and O–H groups in total. The number of halogens is 2. The van der Waals surface area contributed by atoms with E-state index in [4.69, 9.17) is 27.6 Å². The summed E-state index contributed by atoms with van der Waals surface area (Å²) in [6, 6.07) is 19.6. The summed E-state index contributed by atoms with van der Waals surface area (Å²) >= 11 is 12.1. The lowest BCUT2D eigenvalue weighted by Crippen LogP contribution is -2.12. The van der Waals surface area contributed by atoms with Gasteiger partial charge in [0.1, 0.15) is 17.1 Å². The molecule has 0 spiro atoms. The molecule has 0 radical (unpaired) electrons. The molecule has 0 unspecified atom stereocenters. The molecule has 0 saturated carbocycles. The molecule has 1 heterocycles. The number of phenols is 1. The van der Waals surface area contributed by atoms with Crippen LogP contribution in [0.5, 0.6) is 5.75 Å². The second-order valence-corrected chi connectivity index (χ2v) is 7.02. The fourth-order valence-corrected chi connectivity index (χ4v) is 3.64. The zero-order valence-electron chi connectivity index (χ0n) is 14.1. The summed E-state index contributed by atoms with van der Waals surface area (Å²) < 4.78 is 6.08. The maximum Gasteiger partial charge on any atom is 0.196 e. The minimum Gasteiger partial charge on any atom is -0.506 e. The van der Waals surface area contributed by atoms with Crippen LogP contribution in [-0.4, -0.2) is 5.11 Å². The summed E-state index contributed by atoms with van der Waals surface area (Å²) in [4.78, 5) is 13.2. The Morgan fingerprint density at radius 1 is 0.926 bits per heavy atom. The van der Waals surface area contributed by atoms with Crippen LogP contribution in [0.4, 0.5) is 0 Å². The number of aromatic hydroxyl groups is 1. The molecule has 0 amide bonds. The van der Waals surface area contributed by atoms with Gasteiger partial charge in [0.05, 0.1) is 10.4 Å². The second-order valence-electron chi connectivity index (χ2n) is 6.17. The molecule has 0 bridgehead atoms. The van der Waals surface area contributed by atoms with Gasteiger partial charge in [-0.1, -0.05) is 65.7 Å². The Labute approximate surface area is 165 Å². The van der Waals surface area contributed by atoms with Crippen LogP contribution in [-0.2, 0) is 6.42 Å². The second kappa shape index (κ2) is 7.10. The largest absolute Gasteiger partial charge is 0.506 e. The summed E-state index contributed by atoms with van der Waals surface area (Å²) in [7, 11) is 0. The van der Waals surface area contributed by atoms with Gasteiger partial charge in [0.15, 0.2) is 5.43 Å². The number of hydrogen-bond donors (Lipinski definition) is 1. The molecule has 1 aromatic heterocycles. The first-order valence-corrected chi connectivity index (χ1v) is 9.07. The predicted octanol–water partition coefficient (Wildman–Crippen LogP) is 6.06. The number of hydrogen-bond acceptors (Lipinski definition) is 3. The van der Waals surface area contributed by atoms with Gasteiger partial charge < -0.3 is 9.52 Å². The van der Waals surface area contributed by atoms with Gasteiger partial charge in [-0.25, -0.2) is 0 Å². The lowest BCUT2D eigenvalue weighted by atomic mass is 9.98. The molecule has 4 aromatic rings. The van der Waals surface area contributed by atoms with Gasteiger partial charge in [0, 0.05) is 28.1 Å². The smallest absolute Gasteiger partial charge is 0.196 e. The van der Waals surface area contributed by atoms with Crippen molar-refractivity contribution in [2.24, 2.45) is 0 Å². The molecular weight excluding hydrogens is 383 g/mol. The molecule has 0 aliphatic heterocycles. The minimum absolute atomic E-state index is 0.0902. The van der Waals surface area contributed by atoms with Crippen LogP contribution in [0.2, 0.25) is 10.0 Å². The van der Waals surface area contributed by atoms with E-state index in [-0.39, 0.29) is 22.6 Å². The summed E-state index contributed by atoms with van der Waals surface area (Å²) in [5, 5.41) is 11.3. The number of phenolic OH excluding ortho intramolecular Hbond substituents is 1. The van der Waals surface area contributed by atoms with E-state index in [1.54, 1.807) is 24.3 Å². The summed E-state index contributed by atoms with van der Waals surface area (Å²) in [5.41, 5.74) is 2.05. The fourth-order valence-electron chi connectivity index (χ4n) is 3.11. The quantitative estimate of drug-likeness (QED) is 0.457. The lowest BCUT2D eigenvalue weighted by molar-refractivity contribution is 0.469. The van der Waals surface area contributed by atoms with Crippen LogP contribution >= 0.6 is 23.2 Å². The number of fused-ring (bicyclic) bond motifs is 1. The Hall–Kier alpha value is -2.75. The number of benzene rings is 3. The third-order valence-corrected chi connectivity index (χ3v) is 4.91. The molecule has 0 saturated heterocycles. The van der Waals surface area contributed by atoms with Gasteiger partial charge in [-0.3, -0.25) is 4.79 Å².